The number of hydrogen-bond donors (Lipinski definition) is 2. The molecule has 2 aromatic heterocycles. The summed E-state index contributed by atoms with van der Waals surface area (Å²) in [6.45, 7) is 7.39. The summed E-state index contributed by atoms with van der Waals surface area (Å²) in [5.41, 5.74) is 1.90. The van der Waals surface area contributed by atoms with Gasteiger partial charge in [0.1, 0.15) is 5.76 Å². The molecule has 0 radical (unpaired) electrons. The molecule has 2 N–H and O–H groups in total. The number of urea groups is 1. The maximum absolute atomic E-state index is 12.1. The largest absolute Gasteiger partial charge is 0.361 e. The molecular formula is C16H26N6O2. The number of rotatable bonds is 7. The van der Waals surface area contributed by atoms with Crippen LogP contribution in [0, 0.1) is 13.8 Å². The van der Waals surface area contributed by atoms with E-state index in [9.17, 15) is 4.79 Å². The molecule has 0 aliphatic rings. The van der Waals surface area contributed by atoms with E-state index in [1.807, 2.05) is 45.7 Å². The Labute approximate surface area is 142 Å². The summed E-state index contributed by atoms with van der Waals surface area (Å²) in [5.74, 6) is 1.33. The SMILES string of the molecule is Cc1noc(C)c1C[C@@H](C)NC(=O)Nc1ccn(CCN(C)C)n1. The third kappa shape index (κ3) is 5.09. The van der Waals surface area contributed by atoms with Crippen molar-refractivity contribution in [1.82, 2.24) is 25.2 Å². The van der Waals surface area contributed by atoms with Crippen LogP contribution in [-0.4, -0.2) is 52.6 Å². The molecule has 0 aromatic carbocycles. The van der Waals surface area contributed by atoms with E-state index < -0.39 is 0 Å². The predicted octanol–water partition coefficient (Wildman–Crippen LogP) is 1.80. The number of aryl methyl sites for hydroxylation is 2. The zero-order valence-corrected chi connectivity index (χ0v) is 15.0. The molecule has 0 fully saturated rings. The molecule has 0 aliphatic carbocycles. The van der Waals surface area contributed by atoms with Gasteiger partial charge in [0.2, 0.25) is 0 Å². The molecule has 8 heteroatoms. The van der Waals surface area contributed by atoms with Gasteiger partial charge in [0.15, 0.2) is 5.82 Å². The van der Waals surface area contributed by atoms with Crippen LogP contribution in [0.2, 0.25) is 0 Å². The van der Waals surface area contributed by atoms with Gasteiger partial charge in [0.25, 0.3) is 0 Å². The number of aromatic nitrogens is 3. The van der Waals surface area contributed by atoms with Gasteiger partial charge in [-0.1, -0.05) is 5.16 Å². The molecule has 0 unspecified atom stereocenters. The fraction of sp³-hybridized carbons (Fsp3) is 0.562. The molecule has 0 bridgehead atoms. The highest BCUT2D eigenvalue weighted by Crippen LogP contribution is 2.14. The molecule has 24 heavy (non-hydrogen) atoms. The summed E-state index contributed by atoms with van der Waals surface area (Å²) in [6.07, 6.45) is 2.53. The van der Waals surface area contributed by atoms with Crippen molar-refractivity contribution in [2.75, 3.05) is 26.0 Å². The average Bonchev–Trinajstić information content (AvgIpc) is 3.06. The Kier molecular flexibility index (Phi) is 5.97. The normalized spacial score (nSPS) is 12.4. The van der Waals surface area contributed by atoms with Crippen molar-refractivity contribution in [1.29, 1.82) is 0 Å². The fourth-order valence-corrected chi connectivity index (χ4v) is 2.38. The van der Waals surface area contributed by atoms with E-state index in [4.69, 9.17) is 4.52 Å². The topological polar surface area (TPSA) is 88.2 Å². The molecule has 0 saturated heterocycles. The van der Waals surface area contributed by atoms with Crippen molar-refractivity contribution in [3.63, 3.8) is 0 Å². The number of hydrogen-bond acceptors (Lipinski definition) is 5. The highest BCUT2D eigenvalue weighted by Gasteiger charge is 2.15. The Hall–Kier alpha value is -2.35. The van der Waals surface area contributed by atoms with E-state index in [1.54, 1.807) is 6.07 Å². The van der Waals surface area contributed by atoms with Gasteiger partial charge in [-0.3, -0.25) is 10.00 Å². The van der Waals surface area contributed by atoms with Gasteiger partial charge in [0.05, 0.1) is 12.2 Å². The highest BCUT2D eigenvalue weighted by molar-refractivity contribution is 5.88. The van der Waals surface area contributed by atoms with E-state index in [0.717, 1.165) is 30.1 Å². The van der Waals surface area contributed by atoms with Gasteiger partial charge < -0.3 is 14.7 Å². The number of anilines is 1. The minimum Gasteiger partial charge on any atom is -0.361 e. The first-order valence-corrected chi connectivity index (χ1v) is 8.02. The maximum Gasteiger partial charge on any atom is 0.320 e. The van der Waals surface area contributed by atoms with Crippen molar-refractivity contribution >= 4 is 11.8 Å². The third-order valence-corrected chi connectivity index (χ3v) is 3.73. The molecule has 2 heterocycles. The van der Waals surface area contributed by atoms with Crippen LogP contribution in [0.4, 0.5) is 10.6 Å². The Morgan fingerprint density at radius 2 is 2.17 bits per heavy atom. The van der Waals surface area contributed by atoms with E-state index in [-0.39, 0.29) is 12.1 Å². The highest BCUT2D eigenvalue weighted by atomic mass is 16.5. The van der Waals surface area contributed by atoms with Crippen molar-refractivity contribution in [2.45, 2.75) is 39.8 Å². The predicted molar refractivity (Wildman–Crippen MR) is 92.1 cm³/mol. The number of carbonyl (C=O) groups excluding carboxylic acids is 1. The Balaban J connectivity index is 1.82. The van der Waals surface area contributed by atoms with Gasteiger partial charge >= 0.3 is 6.03 Å². The number of likely N-dealkylation sites (N-methyl/N-ethyl adjacent to an activating group) is 1. The lowest BCUT2D eigenvalue weighted by Gasteiger charge is -2.13. The summed E-state index contributed by atoms with van der Waals surface area (Å²) in [4.78, 5) is 14.2. The molecule has 1 atom stereocenters. The molecule has 0 aliphatic heterocycles. The second-order valence-electron chi connectivity index (χ2n) is 6.27. The van der Waals surface area contributed by atoms with Crippen molar-refractivity contribution < 1.29 is 9.32 Å². The molecule has 132 valence electrons. The van der Waals surface area contributed by atoms with E-state index in [0.29, 0.717) is 12.2 Å². The average molecular weight is 334 g/mol. The zero-order valence-electron chi connectivity index (χ0n) is 15.0. The molecule has 2 amide bonds. The van der Waals surface area contributed by atoms with Gasteiger partial charge in [-0.2, -0.15) is 5.10 Å². The summed E-state index contributed by atoms with van der Waals surface area (Å²) in [7, 11) is 4.02. The molecule has 0 spiro atoms. The van der Waals surface area contributed by atoms with E-state index in [1.165, 1.54) is 0 Å². The first-order valence-electron chi connectivity index (χ1n) is 8.02. The van der Waals surface area contributed by atoms with Gasteiger partial charge in [-0.05, 0) is 41.3 Å². The van der Waals surface area contributed by atoms with Crippen molar-refractivity contribution in [2.24, 2.45) is 0 Å². The second-order valence-corrected chi connectivity index (χ2v) is 6.27. The van der Waals surface area contributed by atoms with Gasteiger partial charge in [0, 0.05) is 30.4 Å². The van der Waals surface area contributed by atoms with Crippen LogP contribution in [0.15, 0.2) is 16.8 Å². The summed E-state index contributed by atoms with van der Waals surface area (Å²) < 4.78 is 6.95. The number of amides is 2. The smallest absolute Gasteiger partial charge is 0.320 e. The minimum absolute atomic E-state index is 0.0439. The third-order valence-electron chi connectivity index (χ3n) is 3.73. The summed E-state index contributed by atoms with van der Waals surface area (Å²) >= 11 is 0. The monoisotopic (exact) mass is 334 g/mol. The van der Waals surface area contributed by atoms with Crippen molar-refractivity contribution in [3.05, 3.63) is 29.3 Å². The minimum atomic E-state index is -0.271. The summed E-state index contributed by atoms with van der Waals surface area (Å²) in [5, 5.41) is 13.9. The first-order chi connectivity index (χ1) is 11.3. The van der Waals surface area contributed by atoms with E-state index >= 15 is 0 Å². The number of nitrogens with zero attached hydrogens (tertiary/aromatic N) is 4. The van der Waals surface area contributed by atoms with Crippen LogP contribution in [0.25, 0.3) is 0 Å². The maximum atomic E-state index is 12.1. The van der Waals surface area contributed by atoms with E-state index in [2.05, 4.69) is 25.8 Å². The zero-order chi connectivity index (χ0) is 17.7. The lowest BCUT2D eigenvalue weighted by atomic mass is 10.1. The van der Waals surface area contributed by atoms with Crippen LogP contribution in [0.3, 0.4) is 0 Å². The lowest BCUT2D eigenvalue weighted by molar-refractivity contribution is 0.249. The Morgan fingerprint density at radius 1 is 1.42 bits per heavy atom. The molecular weight excluding hydrogens is 308 g/mol. The van der Waals surface area contributed by atoms with Crippen LogP contribution in [-0.2, 0) is 13.0 Å². The fourth-order valence-electron chi connectivity index (χ4n) is 2.38. The standard InChI is InChI=1S/C16H26N6O2/c1-11(10-14-12(2)20-24-13(14)3)17-16(23)18-15-6-7-22(19-15)9-8-21(4)5/h6-7,11H,8-10H2,1-5H3,(H2,17,18,19,23)/t11-/m1/s1. The molecule has 8 nitrogen and oxygen atoms in total. The number of nitrogens with one attached hydrogen (secondary N) is 2. The van der Waals surface area contributed by atoms with Gasteiger partial charge in [-0.15, -0.1) is 0 Å². The molecule has 0 saturated carbocycles. The van der Waals surface area contributed by atoms with Crippen LogP contribution in [0.1, 0.15) is 23.9 Å². The molecule has 2 rings (SSSR count). The van der Waals surface area contributed by atoms with Crippen molar-refractivity contribution in [3.8, 4) is 0 Å². The van der Waals surface area contributed by atoms with Crippen LogP contribution >= 0.6 is 0 Å². The first kappa shape index (κ1) is 18.0. The van der Waals surface area contributed by atoms with Crippen LogP contribution < -0.4 is 10.6 Å². The Bertz CT molecular complexity index is 656. The molecule has 2 aromatic rings. The Morgan fingerprint density at radius 3 is 2.79 bits per heavy atom. The summed E-state index contributed by atoms with van der Waals surface area (Å²) in [6, 6.07) is 1.47. The quantitative estimate of drug-likeness (QED) is 0.806. The van der Waals surface area contributed by atoms with Crippen LogP contribution in [0.5, 0.6) is 0 Å². The lowest BCUT2D eigenvalue weighted by Crippen LogP contribution is -2.37. The number of carbonyl (C=O) groups is 1. The van der Waals surface area contributed by atoms with Gasteiger partial charge in [-0.25, -0.2) is 4.79 Å². The second kappa shape index (κ2) is 7.96.